The molecule has 0 aliphatic heterocycles. The zero-order valence-corrected chi connectivity index (χ0v) is 9.50. The van der Waals surface area contributed by atoms with E-state index in [9.17, 15) is 0 Å². The molecule has 0 unspecified atom stereocenters. The summed E-state index contributed by atoms with van der Waals surface area (Å²) in [6.45, 7) is 0. The Hall–Kier alpha value is -0.371. The summed E-state index contributed by atoms with van der Waals surface area (Å²) < 4.78 is 2.33. The normalized spacial score (nSPS) is 10.1. The van der Waals surface area contributed by atoms with E-state index in [1.54, 1.807) is 0 Å². The molecule has 0 atom stereocenters. The van der Waals surface area contributed by atoms with Crippen molar-refractivity contribution in [3.63, 3.8) is 0 Å². The van der Waals surface area contributed by atoms with Crippen molar-refractivity contribution < 1.29 is 0 Å². The van der Waals surface area contributed by atoms with Crippen molar-refractivity contribution >= 4 is 30.4 Å². The van der Waals surface area contributed by atoms with Gasteiger partial charge in [-0.3, -0.25) is 0 Å². The molecule has 0 aliphatic rings. The van der Waals surface area contributed by atoms with Crippen molar-refractivity contribution in [3.8, 4) is 10.0 Å². The van der Waals surface area contributed by atoms with Gasteiger partial charge in [-0.1, -0.05) is 0 Å². The number of halogens is 1. The first-order valence-electron chi connectivity index (χ1n) is 3.52. The summed E-state index contributed by atoms with van der Waals surface area (Å²) in [5.74, 6) is 0. The Morgan fingerprint density at radius 3 is 2.92 bits per heavy atom. The molecule has 0 amide bonds. The maximum atomic E-state index is 4.09. The predicted octanol–water partition coefficient (Wildman–Crippen LogP) is 2.57. The van der Waals surface area contributed by atoms with Crippen molar-refractivity contribution in [1.29, 1.82) is 0 Å². The van der Waals surface area contributed by atoms with E-state index in [1.165, 1.54) is 10.0 Å². The molecule has 0 aliphatic carbocycles. The molecule has 0 fully saturated rings. The van der Waals surface area contributed by atoms with Gasteiger partial charge in [0.1, 0.15) is 0 Å². The number of nitrogens with zero attached hydrogens (tertiary/aromatic N) is 1. The molecule has 0 aromatic carbocycles. The van der Waals surface area contributed by atoms with Crippen LogP contribution in [-0.4, -0.2) is 19.5 Å². The van der Waals surface area contributed by atoms with E-state index in [0.29, 0.717) is 14.5 Å². The molecule has 1 nitrogen and oxygen atoms in total. The first-order chi connectivity index (χ1) is 5.86. The molecule has 2 rings (SSSR count). The zero-order valence-electron chi connectivity index (χ0n) is 6.20. The van der Waals surface area contributed by atoms with Crippen LogP contribution in [0.15, 0.2) is 40.0 Å². The van der Waals surface area contributed by atoms with E-state index >= 15 is 0 Å². The molecule has 0 saturated heterocycles. The maximum absolute atomic E-state index is 4.09. The molecule has 2 aromatic rings. The number of hydrogen-bond acceptors (Lipinski definition) is 1. The van der Waals surface area contributed by atoms with E-state index in [0.717, 1.165) is 4.60 Å². The summed E-state index contributed by atoms with van der Waals surface area (Å²) in [6, 6.07) is 8.39. The molecular formula is C9H6BrNSe. The summed E-state index contributed by atoms with van der Waals surface area (Å²) in [7, 11) is 0. The molecule has 3 heteroatoms. The van der Waals surface area contributed by atoms with Crippen molar-refractivity contribution in [3.05, 3.63) is 40.0 Å². The van der Waals surface area contributed by atoms with Gasteiger partial charge in [-0.2, -0.15) is 0 Å². The van der Waals surface area contributed by atoms with Gasteiger partial charge in [-0.05, 0) is 0 Å². The van der Waals surface area contributed by atoms with Gasteiger partial charge in [-0.15, -0.1) is 0 Å². The second kappa shape index (κ2) is 3.56. The van der Waals surface area contributed by atoms with Gasteiger partial charge < -0.3 is 0 Å². The fourth-order valence-electron chi connectivity index (χ4n) is 0.999. The van der Waals surface area contributed by atoms with Crippen molar-refractivity contribution in [2.45, 2.75) is 0 Å². The summed E-state index contributed by atoms with van der Waals surface area (Å²) in [5, 5.41) is 0. The van der Waals surface area contributed by atoms with Gasteiger partial charge in [0, 0.05) is 0 Å². The van der Waals surface area contributed by atoms with Crippen LogP contribution in [0.4, 0.5) is 0 Å². The Labute approximate surface area is 85.3 Å². The molecule has 0 N–H and O–H groups in total. The Balaban J connectivity index is 2.48. The van der Waals surface area contributed by atoms with Crippen molar-refractivity contribution in [1.82, 2.24) is 4.98 Å². The van der Waals surface area contributed by atoms with Crippen LogP contribution in [0, 0.1) is 0 Å². The van der Waals surface area contributed by atoms with E-state index in [2.05, 4.69) is 44.1 Å². The molecule has 0 radical (unpaired) electrons. The number of aromatic nitrogens is 1. The van der Waals surface area contributed by atoms with Crippen LogP contribution >= 0.6 is 15.9 Å². The van der Waals surface area contributed by atoms with Gasteiger partial charge in [0.25, 0.3) is 0 Å². The minimum absolute atomic E-state index is 0.515. The summed E-state index contributed by atoms with van der Waals surface area (Å²) in [5.41, 5.74) is 1.28. The van der Waals surface area contributed by atoms with E-state index in [1.807, 2.05) is 12.3 Å². The van der Waals surface area contributed by atoms with Gasteiger partial charge in [-0.25, -0.2) is 0 Å². The Morgan fingerprint density at radius 2 is 2.25 bits per heavy atom. The van der Waals surface area contributed by atoms with Crippen LogP contribution in [0.25, 0.3) is 10.0 Å². The third-order valence-electron chi connectivity index (χ3n) is 1.53. The van der Waals surface area contributed by atoms with Gasteiger partial charge in [0.05, 0.1) is 0 Å². The average molecular weight is 287 g/mol. The molecule has 60 valence electrons. The van der Waals surface area contributed by atoms with Crippen molar-refractivity contribution in [2.24, 2.45) is 0 Å². The van der Waals surface area contributed by atoms with E-state index < -0.39 is 0 Å². The summed E-state index contributed by atoms with van der Waals surface area (Å²) in [4.78, 5) is 6.31. The molecule has 2 heterocycles. The first kappa shape index (κ1) is 8.24. The SMILES string of the molecule is Brc1cc(-c2ccc[se]2)ccn1. The van der Waals surface area contributed by atoms with Gasteiger partial charge >= 0.3 is 85.4 Å². The number of pyridine rings is 1. The quantitative estimate of drug-likeness (QED) is 0.580. The number of hydrogen-bond donors (Lipinski definition) is 0. The van der Waals surface area contributed by atoms with Gasteiger partial charge in [0.2, 0.25) is 0 Å². The van der Waals surface area contributed by atoms with E-state index in [4.69, 9.17) is 0 Å². The third-order valence-corrected chi connectivity index (χ3v) is 3.89. The topological polar surface area (TPSA) is 12.9 Å². The first-order valence-corrected chi connectivity index (χ1v) is 6.15. The fourth-order valence-corrected chi connectivity index (χ4v) is 2.88. The molecule has 12 heavy (non-hydrogen) atoms. The molecule has 2 aromatic heterocycles. The Morgan fingerprint density at radius 1 is 1.33 bits per heavy atom. The van der Waals surface area contributed by atoms with Crippen LogP contribution in [-0.2, 0) is 0 Å². The monoisotopic (exact) mass is 287 g/mol. The molecule has 0 bridgehead atoms. The van der Waals surface area contributed by atoms with Crippen LogP contribution in [0.2, 0.25) is 0 Å². The predicted molar refractivity (Wildman–Crippen MR) is 54.3 cm³/mol. The molecule has 0 spiro atoms. The molecular weight excluding hydrogens is 281 g/mol. The fraction of sp³-hybridized carbons (Fsp3) is 0. The number of rotatable bonds is 1. The third kappa shape index (κ3) is 1.68. The van der Waals surface area contributed by atoms with Crippen LogP contribution in [0.3, 0.4) is 0 Å². The zero-order chi connectivity index (χ0) is 8.39. The summed E-state index contributed by atoms with van der Waals surface area (Å²) >= 11 is 3.87. The molecule has 0 saturated carbocycles. The second-order valence-corrected chi connectivity index (χ2v) is 5.15. The Kier molecular flexibility index (Phi) is 2.45. The average Bonchev–Trinajstić information content (AvgIpc) is 2.56. The minimum atomic E-state index is 0.515. The van der Waals surface area contributed by atoms with Crippen LogP contribution < -0.4 is 0 Å². The van der Waals surface area contributed by atoms with Crippen LogP contribution in [0.5, 0.6) is 0 Å². The standard InChI is InChI=1S/C9H6BrNSe/c10-9-6-7(3-4-11-9)8-2-1-5-12-8/h1-6H. The van der Waals surface area contributed by atoms with Gasteiger partial charge in [0.15, 0.2) is 0 Å². The summed E-state index contributed by atoms with van der Waals surface area (Å²) in [6.07, 6.45) is 1.83. The van der Waals surface area contributed by atoms with Crippen molar-refractivity contribution in [2.75, 3.05) is 0 Å². The Bertz CT molecular complexity index is 370. The second-order valence-electron chi connectivity index (χ2n) is 2.34. The van der Waals surface area contributed by atoms with E-state index in [-0.39, 0.29) is 0 Å². The van der Waals surface area contributed by atoms with Crippen LogP contribution in [0.1, 0.15) is 0 Å².